The molecule has 2 rings (SSSR count). The number of halogens is 1. The van der Waals surface area contributed by atoms with Crippen molar-refractivity contribution in [2.45, 2.75) is 6.92 Å². The van der Waals surface area contributed by atoms with Gasteiger partial charge in [-0.25, -0.2) is 9.48 Å². The molecule has 0 aliphatic carbocycles. The molecule has 1 aromatic heterocycles. The van der Waals surface area contributed by atoms with Gasteiger partial charge in [0.05, 0.1) is 22.0 Å². The van der Waals surface area contributed by atoms with Crippen molar-refractivity contribution in [2.75, 3.05) is 0 Å². The Morgan fingerprint density at radius 3 is 2.85 bits per heavy atom. The van der Waals surface area contributed by atoms with Crippen LogP contribution in [0.15, 0.2) is 30.5 Å². The van der Waals surface area contributed by atoms with E-state index in [1.807, 2.05) is 0 Å². The van der Waals surface area contributed by atoms with E-state index in [9.17, 15) is 10.1 Å². The van der Waals surface area contributed by atoms with Gasteiger partial charge in [0.25, 0.3) is 0 Å². The van der Waals surface area contributed by atoms with Gasteiger partial charge in [-0.1, -0.05) is 17.7 Å². The van der Waals surface area contributed by atoms with Crippen LogP contribution in [0.5, 0.6) is 0 Å². The molecule has 100 valence electrons. The average molecular weight is 288 g/mol. The van der Waals surface area contributed by atoms with Crippen molar-refractivity contribution in [3.8, 4) is 11.8 Å². The van der Waals surface area contributed by atoms with Crippen LogP contribution in [-0.2, 0) is 4.79 Å². The van der Waals surface area contributed by atoms with Crippen molar-refractivity contribution in [1.82, 2.24) is 9.78 Å². The average Bonchev–Trinajstić information content (AvgIpc) is 2.75. The Balaban J connectivity index is 2.46. The van der Waals surface area contributed by atoms with Crippen molar-refractivity contribution < 1.29 is 9.90 Å². The number of rotatable bonds is 3. The van der Waals surface area contributed by atoms with E-state index in [-0.39, 0.29) is 0 Å². The van der Waals surface area contributed by atoms with Crippen LogP contribution in [0.3, 0.4) is 0 Å². The standard InChI is InChI=1S/C14H10ClN3O2/c1-9-12(15)8-18(17-9)13-4-2-10(3-5-14(19)20)6-11(13)7-16/h2-6,8H,1H3,(H,19,20)/b5-3+. The van der Waals surface area contributed by atoms with Crippen LogP contribution in [0, 0.1) is 18.3 Å². The first-order valence-corrected chi connectivity index (χ1v) is 6.06. The Morgan fingerprint density at radius 1 is 1.55 bits per heavy atom. The first-order valence-electron chi connectivity index (χ1n) is 5.68. The number of carbonyl (C=O) groups is 1. The zero-order chi connectivity index (χ0) is 14.7. The maximum Gasteiger partial charge on any atom is 0.328 e. The van der Waals surface area contributed by atoms with Crippen LogP contribution in [0.4, 0.5) is 0 Å². The van der Waals surface area contributed by atoms with Gasteiger partial charge in [0.1, 0.15) is 6.07 Å². The summed E-state index contributed by atoms with van der Waals surface area (Å²) in [6.07, 6.45) is 4.07. The molecule has 0 spiro atoms. The van der Waals surface area contributed by atoms with Gasteiger partial charge in [0.2, 0.25) is 0 Å². The molecule has 1 aromatic carbocycles. The van der Waals surface area contributed by atoms with Gasteiger partial charge in [-0.2, -0.15) is 10.4 Å². The van der Waals surface area contributed by atoms with Gasteiger partial charge in [0.15, 0.2) is 0 Å². The lowest BCUT2D eigenvalue weighted by molar-refractivity contribution is -0.131. The number of aryl methyl sites for hydroxylation is 1. The zero-order valence-corrected chi connectivity index (χ0v) is 11.3. The fourth-order valence-corrected chi connectivity index (χ4v) is 1.81. The van der Waals surface area contributed by atoms with Crippen molar-refractivity contribution in [3.63, 3.8) is 0 Å². The molecule has 0 aliphatic rings. The minimum Gasteiger partial charge on any atom is -0.478 e. The van der Waals surface area contributed by atoms with Crippen LogP contribution < -0.4 is 0 Å². The summed E-state index contributed by atoms with van der Waals surface area (Å²) in [5.74, 6) is -1.04. The number of carboxylic acid groups (broad SMARTS) is 1. The second-order valence-electron chi connectivity index (χ2n) is 4.07. The first kappa shape index (κ1) is 13.8. The lowest BCUT2D eigenvalue weighted by Crippen LogP contribution is -1.99. The maximum absolute atomic E-state index is 10.5. The van der Waals surface area contributed by atoms with E-state index < -0.39 is 5.97 Å². The van der Waals surface area contributed by atoms with Crippen molar-refractivity contribution in [1.29, 1.82) is 5.26 Å². The number of benzene rings is 1. The second kappa shape index (κ2) is 5.59. The van der Waals surface area contributed by atoms with Crippen LogP contribution in [0.25, 0.3) is 11.8 Å². The predicted octanol–water partition coefficient (Wildman–Crippen LogP) is 2.80. The summed E-state index contributed by atoms with van der Waals surface area (Å²) in [6, 6.07) is 7.07. The first-order chi connectivity index (χ1) is 9.51. The highest BCUT2D eigenvalue weighted by Crippen LogP contribution is 2.20. The van der Waals surface area contributed by atoms with Crippen LogP contribution in [-0.4, -0.2) is 20.9 Å². The number of nitriles is 1. The molecule has 0 bridgehead atoms. The van der Waals surface area contributed by atoms with Crippen molar-refractivity contribution >= 4 is 23.6 Å². The molecule has 0 saturated heterocycles. The monoisotopic (exact) mass is 287 g/mol. The number of nitrogens with zero attached hydrogens (tertiary/aromatic N) is 3. The molecule has 5 nitrogen and oxygen atoms in total. The van der Waals surface area contributed by atoms with E-state index in [0.29, 0.717) is 27.5 Å². The van der Waals surface area contributed by atoms with E-state index in [1.165, 1.54) is 10.8 Å². The summed E-state index contributed by atoms with van der Waals surface area (Å²) in [5.41, 5.74) is 2.28. The third-order valence-electron chi connectivity index (χ3n) is 2.65. The molecule has 1 heterocycles. The van der Waals surface area contributed by atoms with E-state index in [2.05, 4.69) is 11.2 Å². The molecular formula is C14H10ClN3O2. The zero-order valence-electron chi connectivity index (χ0n) is 10.5. The van der Waals surface area contributed by atoms with Crippen LogP contribution in [0.1, 0.15) is 16.8 Å². The van der Waals surface area contributed by atoms with Gasteiger partial charge >= 0.3 is 5.97 Å². The van der Waals surface area contributed by atoms with Crippen LogP contribution >= 0.6 is 11.6 Å². The third-order valence-corrected chi connectivity index (χ3v) is 3.02. The number of aliphatic carboxylic acids is 1. The third kappa shape index (κ3) is 2.87. The Morgan fingerprint density at radius 2 is 2.30 bits per heavy atom. The summed E-state index contributed by atoms with van der Waals surface area (Å²) < 4.78 is 1.53. The van der Waals surface area contributed by atoms with Crippen molar-refractivity contribution in [3.05, 3.63) is 52.3 Å². The molecule has 6 heteroatoms. The largest absolute Gasteiger partial charge is 0.478 e. The summed E-state index contributed by atoms with van der Waals surface area (Å²) >= 11 is 5.95. The minimum atomic E-state index is -1.04. The van der Waals surface area contributed by atoms with Gasteiger partial charge in [0, 0.05) is 12.3 Å². The predicted molar refractivity (Wildman–Crippen MR) is 74.7 cm³/mol. The van der Waals surface area contributed by atoms with Crippen LogP contribution in [0.2, 0.25) is 5.02 Å². The topological polar surface area (TPSA) is 78.9 Å². The van der Waals surface area contributed by atoms with E-state index in [0.717, 1.165) is 6.08 Å². The lowest BCUT2D eigenvalue weighted by atomic mass is 10.1. The number of hydrogen-bond acceptors (Lipinski definition) is 3. The van der Waals surface area contributed by atoms with Gasteiger partial charge in [-0.3, -0.25) is 0 Å². The van der Waals surface area contributed by atoms with Gasteiger partial charge in [-0.05, 0) is 30.7 Å². The van der Waals surface area contributed by atoms with Gasteiger partial charge in [-0.15, -0.1) is 0 Å². The molecule has 0 fully saturated rings. The highest BCUT2D eigenvalue weighted by atomic mass is 35.5. The summed E-state index contributed by atoms with van der Waals surface area (Å²) in [4.78, 5) is 10.5. The fourth-order valence-electron chi connectivity index (χ4n) is 1.68. The maximum atomic E-state index is 10.5. The highest BCUT2D eigenvalue weighted by molar-refractivity contribution is 6.31. The SMILES string of the molecule is Cc1nn(-c2ccc(/C=C/C(=O)O)cc2C#N)cc1Cl. The molecule has 1 N–H and O–H groups in total. The smallest absolute Gasteiger partial charge is 0.328 e. The normalized spacial score (nSPS) is 10.7. The molecule has 0 amide bonds. The summed E-state index contributed by atoms with van der Waals surface area (Å²) in [7, 11) is 0. The van der Waals surface area contributed by atoms with E-state index >= 15 is 0 Å². The summed E-state index contributed by atoms with van der Waals surface area (Å²) in [6.45, 7) is 1.77. The molecule has 0 radical (unpaired) electrons. The van der Waals surface area contributed by atoms with Crippen molar-refractivity contribution in [2.24, 2.45) is 0 Å². The highest BCUT2D eigenvalue weighted by Gasteiger charge is 2.09. The Labute approximate surface area is 120 Å². The minimum absolute atomic E-state index is 0.386. The Kier molecular flexibility index (Phi) is 3.87. The van der Waals surface area contributed by atoms with E-state index in [1.54, 1.807) is 31.3 Å². The molecule has 20 heavy (non-hydrogen) atoms. The number of aromatic nitrogens is 2. The second-order valence-corrected chi connectivity index (χ2v) is 4.47. The van der Waals surface area contributed by atoms with E-state index in [4.69, 9.17) is 16.7 Å². The molecule has 0 saturated carbocycles. The summed E-state index contributed by atoms with van der Waals surface area (Å²) in [5, 5.41) is 22.5. The number of carboxylic acids is 1. The van der Waals surface area contributed by atoms with Gasteiger partial charge < -0.3 is 5.11 Å². The Bertz CT molecular complexity index is 722. The molecular weight excluding hydrogens is 278 g/mol. The molecule has 2 aromatic rings. The molecule has 0 aliphatic heterocycles. The fraction of sp³-hybridized carbons (Fsp3) is 0.0714. The lowest BCUT2D eigenvalue weighted by Gasteiger charge is -2.04. The molecule has 0 atom stereocenters. The molecule has 0 unspecified atom stereocenters. The quantitative estimate of drug-likeness (QED) is 0.880. The Hall–Kier alpha value is -2.58. The number of hydrogen-bond donors (Lipinski definition) is 1.